The van der Waals surface area contributed by atoms with E-state index in [0.717, 1.165) is 18.5 Å². The molecule has 1 atom stereocenters. The molecule has 0 radical (unpaired) electrons. The Balaban J connectivity index is 1.75. The lowest BCUT2D eigenvalue weighted by Gasteiger charge is -2.30. The predicted octanol–water partition coefficient (Wildman–Crippen LogP) is 3.75. The van der Waals surface area contributed by atoms with Gasteiger partial charge in [0.2, 0.25) is 5.95 Å². The van der Waals surface area contributed by atoms with Crippen molar-refractivity contribution < 1.29 is 4.39 Å². The minimum Gasteiger partial charge on any atom is -0.369 e. The smallest absolute Gasteiger partial charge is 0.201 e. The molecule has 2 aromatic carbocycles. The Morgan fingerprint density at radius 2 is 2.14 bits per heavy atom. The normalized spacial score (nSPS) is 16.8. The number of imidazole rings is 1. The molecule has 5 heteroatoms. The molecule has 1 heterocycles. The van der Waals surface area contributed by atoms with Crippen LogP contribution in [0, 0.1) is 5.82 Å². The summed E-state index contributed by atoms with van der Waals surface area (Å²) in [5.41, 5.74) is 10.0. The molecule has 3 nitrogen and oxygen atoms in total. The first-order valence-electron chi connectivity index (χ1n) is 6.82. The van der Waals surface area contributed by atoms with Crippen molar-refractivity contribution >= 4 is 28.6 Å². The summed E-state index contributed by atoms with van der Waals surface area (Å²) in [6.07, 6.45) is 1.03. The molecular formula is C16H13ClFN3. The van der Waals surface area contributed by atoms with Gasteiger partial charge in [-0.15, -0.1) is 0 Å². The zero-order valence-corrected chi connectivity index (χ0v) is 11.9. The van der Waals surface area contributed by atoms with E-state index in [2.05, 4.69) is 23.2 Å². The lowest BCUT2D eigenvalue weighted by Crippen LogP contribution is -2.22. The standard InChI is InChI=1S/C16H13ClFN3/c17-12-6-15-14(7-13(12)18)20-16(19)21(15)8-10-5-9-3-1-2-4-11(9)10/h1-4,6-7,10H,5,8H2,(H2,19,20). The van der Waals surface area contributed by atoms with Gasteiger partial charge in [0.1, 0.15) is 5.82 Å². The predicted molar refractivity (Wildman–Crippen MR) is 82.0 cm³/mol. The summed E-state index contributed by atoms with van der Waals surface area (Å²) in [4.78, 5) is 4.22. The molecule has 1 unspecified atom stereocenters. The number of benzene rings is 2. The highest BCUT2D eigenvalue weighted by Crippen LogP contribution is 2.37. The second-order valence-corrected chi connectivity index (χ2v) is 5.84. The van der Waals surface area contributed by atoms with Crippen LogP contribution in [-0.4, -0.2) is 9.55 Å². The van der Waals surface area contributed by atoms with E-state index < -0.39 is 5.82 Å². The van der Waals surface area contributed by atoms with Gasteiger partial charge in [0.15, 0.2) is 0 Å². The number of fused-ring (bicyclic) bond motifs is 2. The Kier molecular flexibility index (Phi) is 2.69. The zero-order valence-electron chi connectivity index (χ0n) is 11.2. The van der Waals surface area contributed by atoms with E-state index in [1.54, 1.807) is 6.07 Å². The van der Waals surface area contributed by atoms with Gasteiger partial charge in [-0.3, -0.25) is 0 Å². The Morgan fingerprint density at radius 1 is 1.33 bits per heavy atom. The van der Waals surface area contributed by atoms with Crippen LogP contribution in [0.1, 0.15) is 17.0 Å². The van der Waals surface area contributed by atoms with Crippen molar-refractivity contribution in [3.05, 3.63) is 58.4 Å². The maximum absolute atomic E-state index is 13.5. The van der Waals surface area contributed by atoms with E-state index >= 15 is 0 Å². The molecule has 0 aliphatic heterocycles. The Bertz CT molecular complexity index is 856. The maximum Gasteiger partial charge on any atom is 0.201 e. The number of halogens is 2. The summed E-state index contributed by atoms with van der Waals surface area (Å²) in [5.74, 6) is 0.351. The molecule has 4 rings (SSSR count). The molecule has 2 N–H and O–H groups in total. The molecule has 1 aliphatic rings. The van der Waals surface area contributed by atoms with Crippen molar-refractivity contribution in [1.82, 2.24) is 9.55 Å². The van der Waals surface area contributed by atoms with E-state index in [4.69, 9.17) is 17.3 Å². The van der Waals surface area contributed by atoms with Gasteiger partial charge in [0, 0.05) is 18.5 Å². The summed E-state index contributed by atoms with van der Waals surface area (Å²) < 4.78 is 15.4. The summed E-state index contributed by atoms with van der Waals surface area (Å²) >= 11 is 5.88. The average Bonchev–Trinajstić information content (AvgIpc) is 2.72. The van der Waals surface area contributed by atoms with Gasteiger partial charge in [-0.05, 0) is 23.6 Å². The Morgan fingerprint density at radius 3 is 2.95 bits per heavy atom. The second-order valence-electron chi connectivity index (χ2n) is 5.44. The van der Waals surface area contributed by atoms with Crippen molar-refractivity contribution in [3.63, 3.8) is 0 Å². The molecule has 0 spiro atoms. The highest BCUT2D eigenvalue weighted by Gasteiger charge is 2.27. The molecule has 21 heavy (non-hydrogen) atoms. The van der Waals surface area contributed by atoms with Gasteiger partial charge in [-0.25, -0.2) is 9.37 Å². The topological polar surface area (TPSA) is 43.8 Å². The zero-order chi connectivity index (χ0) is 14.6. The second kappa shape index (κ2) is 4.46. The Labute approximate surface area is 126 Å². The molecule has 0 bridgehead atoms. The first kappa shape index (κ1) is 12.7. The number of hydrogen-bond donors (Lipinski definition) is 1. The summed E-state index contributed by atoms with van der Waals surface area (Å²) in [6.45, 7) is 0.737. The van der Waals surface area contributed by atoms with Gasteiger partial charge < -0.3 is 10.3 Å². The van der Waals surface area contributed by atoms with Crippen LogP contribution >= 0.6 is 11.6 Å². The molecule has 3 aromatic rings. The summed E-state index contributed by atoms with van der Waals surface area (Å²) in [7, 11) is 0. The van der Waals surface area contributed by atoms with Crippen molar-refractivity contribution in [2.24, 2.45) is 0 Å². The van der Waals surface area contributed by atoms with E-state index in [-0.39, 0.29) is 5.02 Å². The number of nitrogens with two attached hydrogens (primary N) is 1. The highest BCUT2D eigenvalue weighted by molar-refractivity contribution is 6.31. The van der Waals surface area contributed by atoms with Gasteiger partial charge in [-0.2, -0.15) is 0 Å². The Hall–Kier alpha value is -2.07. The highest BCUT2D eigenvalue weighted by atomic mass is 35.5. The van der Waals surface area contributed by atoms with Crippen molar-refractivity contribution in [3.8, 4) is 0 Å². The maximum atomic E-state index is 13.5. The van der Waals surface area contributed by atoms with E-state index in [9.17, 15) is 4.39 Å². The van der Waals surface area contributed by atoms with Crippen LogP contribution in [-0.2, 0) is 13.0 Å². The number of nitrogen functional groups attached to an aromatic ring is 1. The first-order chi connectivity index (χ1) is 10.1. The van der Waals surface area contributed by atoms with Gasteiger partial charge in [0.25, 0.3) is 0 Å². The molecule has 106 valence electrons. The minimum absolute atomic E-state index is 0.0951. The van der Waals surface area contributed by atoms with Crippen LogP contribution in [0.3, 0.4) is 0 Å². The fourth-order valence-corrected chi connectivity index (χ4v) is 3.23. The fraction of sp³-hybridized carbons (Fsp3) is 0.188. The average molecular weight is 302 g/mol. The third-order valence-electron chi connectivity index (χ3n) is 4.18. The molecule has 0 saturated carbocycles. The van der Waals surface area contributed by atoms with Crippen LogP contribution in [0.5, 0.6) is 0 Å². The van der Waals surface area contributed by atoms with Crippen molar-refractivity contribution in [2.45, 2.75) is 18.9 Å². The first-order valence-corrected chi connectivity index (χ1v) is 7.20. The van der Waals surface area contributed by atoms with Crippen LogP contribution < -0.4 is 5.73 Å². The minimum atomic E-state index is -0.470. The summed E-state index contributed by atoms with van der Waals surface area (Å²) in [5, 5.41) is 0.0951. The number of rotatable bonds is 2. The number of hydrogen-bond acceptors (Lipinski definition) is 2. The lowest BCUT2D eigenvalue weighted by atomic mass is 9.77. The fourth-order valence-electron chi connectivity index (χ4n) is 3.08. The quantitative estimate of drug-likeness (QED) is 0.783. The third kappa shape index (κ3) is 1.90. The molecule has 0 fully saturated rings. The molecule has 0 amide bonds. The largest absolute Gasteiger partial charge is 0.369 e. The monoisotopic (exact) mass is 301 g/mol. The van der Waals surface area contributed by atoms with Gasteiger partial charge >= 0.3 is 0 Å². The molecule has 0 saturated heterocycles. The number of aromatic nitrogens is 2. The SMILES string of the molecule is Nc1nc2cc(F)c(Cl)cc2n1CC1Cc2ccccc21. The molecular weight excluding hydrogens is 289 g/mol. The van der Waals surface area contributed by atoms with E-state index in [0.29, 0.717) is 17.4 Å². The van der Waals surface area contributed by atoms with Gasteiger partial charge in [-0.1, -0.05) is 35.9 Å². The number of nitrogens with zero attached hydrogens (tertiary/aromatic N) is 2. The van der Waals surface area contributed by atoms with Crippen LogP contribution in [0.25, 0.3) is 11.0 Å². The molecule has 1 aromatic heterocycles. The van der Waals surface area contributed by atoms with E-state index in [1.807, 2.05) is 10.6 Å². The lowest BCUT2D eigenvalue weighted by molar-refractivity contribution is 0.520. The van der Waals surface area contributed by atoms with Crippen LogP contribution in [0.4, 0.5) is 10.3 Å². The van der Waals surface area contributed by atoms with E-state index in [1.165, 1.54) is 17.2 Å². The van der Waals surface area contributed by atoms with Crippen LogP contribution in [0.2, 0.25) is 5.02 Å². The van der Waals surface area contributed by atoms with Crippen molar-refractivity contribution in [2.75, 3.05) is 5.73 Å². The van der Waals surface area contributed by atoms with Gasteiger partial charge in [0.05, 0.1) is 16.1 Å². The third-order valence-corrected chi connectivity index (χ3v) is 4.47. The number of anilines is 1. The summed E-state index contributed by atoms with van der Waals surface area (Å²) in [6, 6.07) is 11.3. The molecule has 1 aliphatic carbocycles. The van der Waals surface area contributed by atoms with Crippen molar-refractivity contribution in [1.29, 1.82) is 0 Å². The van der Waals surface area contributed by atoms with Crippen LogP contribution in [0.15, 0.2) is 36.4 Å².